The number of likely N-dealkylation sites (N-methyl/N-ethyl adjacent to an activating group) is 1. The summed E-state index contributed by atoms with van der Waals surface area (Å²) in [5, 5.41) is 3.58. The minimum absolute atomic E-state index is 0.792. The van der Waals surface area contributed by atoms with Crippen LogP contribution < -0.4 is 5.32 Å². The molecule has 1 aromatic rings. The van der Waals surface area contributed by atoms with E-state index in [4.69, 9.17) is 4.74 Å². The maximum Gasteiger partial charge on any atom is 0.0589 e. The van der Waals surface area contributed by atoms with E-state index in [-0.39, 0.29) is 0 Å². The van der Waals surface area contributed by atoms with Crippen LogP contribution in [0.4, 0.5) is 0 Å². The van der Waals surface area contributed by atoms with E-state index >= 15 is 0 Å². The molecule has 0 aliphatic heterocycles. The van der Waals surface area contributed by atoms with Gasteiger partial charge < -0.3 is 10.1 Å². The number of thiophene rings is 1. The molecule has 18 heavy (non-hydrogen) atoms. The Bertz CT molecular complexity index is 374. The summed E-state index contributed by atoms with van der Waals surface area (Å²) in [4.78, 5) is 5.23. The largest absolute Gasteiger partial charge is 0.383 e. The second-order valence-electron chi connectivity index (χ2n) is 5.18. The summed E-state index contributed by atoms with van der Waals surface area (Å²) in [5.74, 6) is 0. The molecular weight excluding hydrogens is 244 g/mol. The zero-order valence-corrected chi connectivity index (χ0v) is 12.5. The third-order valence-corrected chi connectivity index (χ3v) is 4.42. The van der Waals surface area contributed by atoms with E-state index in [1.54, 1.807) is 7.11 Å². The molecule has 2 rings (SSSR count). The van der Waals surface area contributed by atoms with Crippen molar-refractivity contribution in [2.45, 2.75) is 38.9 Å². The van der Waals surface area contributed by atoms with Crippen LogP contribution in [0, 0.1) is 6.92 Å². The molecule has 1 aliphatic carbocycles. The molecule has 0 aromatic carbocycles. The van der Waals surface area contributed by atoms with Gasteiger partial charge in [0.25, 0.3) is 0 Å². The van der Waals surface area contributed by atoms with Gasteiger partial charge in [0.2, 0.25) is 0 Å². The van der Waals surface area contributed by atoms with E-state index in [0.29, 0.717) is 0 Å². The van der Waals surface area contributed by atoms with Gasteiger partial charge in [0.1, 0.15) is 0 Å². The first-order valence-electron chi connectivity index (χ1n) is 6.68. The highest BCUT2D eigenvalue weighted by molar-refractivity contribution is 7.12. The van der Waals surface area contributed by atoms with E-state index in [2.05, 4.69) is 30.3 Å². The molecule has 1 fully saturated rings. The highest BCUT2D eigenvalue weighted by atomic mass is 32.1. The van der Waals surface area contributed by atoms with Crippen LogP contribution in [0.15, 0.2) is 6.07 Å². The number of hydrogen-bond acceptors (Lipinski definition) is 4. The van der Waals surface area contributed by atoms with Gasteiger partial charge in [-0.3, -0.25) is 4.90 Å². The van der Waals surface area contributed by atoms with Gasteiger partial charge in [-0.2, -0.15) is 0 Å². The molecular formula is C14H24N2OS. The number of rotatable bonds is 8. The lowest BCUT2D eigenvalue weighted by atomic mass is 10.2. The van der Waals surface area contributed by atoms with Crippen LogP contribution in [0.5, 0.6) is 0 Å². The zero-order chi connectivity index (χ0) is 13.0. The van der Waals surface area contributed by atoms with E-state index in [0.717, 1.165) is 32.3 Å². The number of nitrogens with zero attached hydrogens (tertiary/aromatic N) is 1. The molecule has 1 saturated carbocycles. The minimum Gasteiger partial charge on any atom is -0.383 e. The number of hydrogen-bond donors (Lipinski definition) is 1. The Balaban J connectivity index is 1.82. The van der Waals surface area contributed by atoms with Crippen molar-refractivity contribution in [3.8, 4) is 0 Å². The summed E-state index contributed by atoms with van der Waals surface area (Å²) < 4.78 is 5.11. The fraction of sp³-hybridized carbons (Fsp3) is 0.714. The van der Waals surface area contributed by atoms with Crippen LogP contribution in [0.2, 0.25) is 0 Å². The molecule has 4 heteroatoms. The molecule has 1 aliphatic rings. The SMILES string of the molecule is COCCN(C)Cc1cc(CNC2CC2)sc1C. The molecule has 0 bridgehead atoms. The molecule has 0 amide bonds. The molecule has 102 valence electrons. The zero-order valence-electron chi connectivity index (χ0n) is 11.7. The number of methoxy groups -OCH3 is 1. The van der Waals surface area contributed by atoms with Crippen LogP contribution in [0.1, 0.15) is 28.2 Å². The Hall–Kier alpha value is -0.420. The average molecular weight is 268 g/mol. The lowest BCUT2D eigenvalue weighted by molar-refractivity contribution is 0.158. The first-order chi connectivity index (χ1) is 8.69. The van der Waals surface area contributed by atoms with Crippen LogP contribution in [0.3, 0.4) is 0 Å². The Morgan fingerprint density at radius 2 is 2.28 bits per heavy atom. The van der Waals surface area contributed by atoms with E-state index in [9.17, 15) is 0 Å². The predicted octanol–water partition coefficient (Wildman–Crippen LogP) is 2.39. The smallest absolute Gasteiger partial charge is 0.0589 e. The van der Waals surface area contributed by atoms with Gasteiger partial charge in [0.05, 0.1) is 6.61 Å². The maximum absolute atomic E-state index is 5.11. The monoisotopic (exact) mass is 268 g/mol. The van der Waals surface area contributed by atoms with Crippen molar-refractivity contribution in [3.05, 3.63) is 21.4 Å². The second kappa shape index (κ2) is 6.66. The normalized spacial score (nSPS) is 15.6. The molecule has 1 heterocycles. The van der Waals surface area contributed by atoms with Crippen LogP contribution in [-0.4, -0.2) is 38.3 Å². The molecule has 0 spiro atoms. The van der Waals surface area contributed by atoms with Crippen LogP contribution in [-0.2, 0) is 17.8 Å². The summed E-state index contributed by atoms with van der Waals surface area (Å²) in [6.07, 6.45) is 2.72. The van der Waals surface area contributed by atoms with Gasteiger partial charge in [-0.15, -0.1) is 11.3 Å². The van der Waals surface area contributed by atoms with Gasteiger partial charge in [0.15, 0.2) is 0 Å². The number of nitrogens with one attached hydrogen (secondary N) is 1. The average Bonchev–Trinajstić information content (AvgIpc) is 3.11. The standard InChI is InChI=1S/C14H24N2OS/c1-11-12(10-16(2)6-7-17-3)8-14(18-11)9-15-13-4-5-13/h8,13,15H,4-7,9-10H2,1-3H3. The summed E-state index contributed by atoms with van der Waals surface area (Å²) in [5.41, 5.74) is 1.46. The second-order valence-corrected chi connectivity index (χ2v) is 6.52. The summed E-state index contributed by atoms with van der Waals surface area (Å²) in [7, 11) is 3.91. The fourth-order valence-corrected chi connectivity index (χ4v) is 2.99. The van der Waals surface area contributed by atoms with Crippen LogP contribution >= 0.6 is 11.3 Å². The first kappa shape index (κ1) is 14.0. The Morgan fingerprint density at radius 3 is 2.94 bits per heavy atom. The van der Waals surface area contributed by atoms with Crippen molar-refractivity contribution in [1.82, 2.24) is 10.2 Å². The molecule has 1 N–H and O–H groups in total. The van der Waals surface area contributed by atoms with Gasteiger partial charge in [0, 0.05) is 42.5 Å². The number of aryl methyl sites for hydroxylation is 1. The predicted molar refractivity (Wildman–Crippen MR) is 77.1 cm³/mol. The molecule has 0 unspecified atom stereocenters. The molecule has 1 aromatic heterocycles. The van der Waals surface area contributed by atoms with E-state index in [1.165, 1.54) is 28.2 Å². The third-order valence-electron chi connectivity index (χ3n) is 3.33. The Kier molecular flexibility index (Phi) is 5.18. The summed E-state index contributed by atoms with van der Waals surface area (Å²) >= 11 is 1.93. The van der Waals surface area contributed by atoms with Gasteiger partial charge >= 0.3 is 0 Å². The summed E-state index contributed by atoms with van der Waals surface area (Å²) in [6, 6.07) is 3.15. The highest BCUT2D eigenvalue weighted by Gasteiger charge is 2.20. The fourth-order valence-electron chi connectivity index (χ4n) is 1.98. The van der Waals surface area contributed by atoms with E-state index < -0.39 is 0 Å². The minimum atomic E-state index is 0.792. The number of ether oxygens (including phenoxy) is 1. The van der Waals surface area contributed by atoms with Crippen molar-refractivity contribution in [3.63, 3.8) is 0 Å². The van der Waals surface area contributed by atoms with Gasteiger partial charge in [-0.1, -0.05) is 0 Å². The van der Waals surface area contributed by atoms with Crippen molar-refractivity contribution in [2.75, 3.05) is 27.3 Å². The Labute approximate surface area is 114 Å². The van der Waals surface area contributed by atoms with Crippen molar-refractivity contribution >= 4 is 11.3 Å². The maximum atomic E-state index is 5.11. The lowest BCUT2D eigenvalue weighted by Gasteiger charge is -2.15. The van der Waals surface area contributed by atoms with Crippen LogP contribution in [0.25, 0.3) is 0 Å². The van der Waals surface area contributed by atoms with Crippen molar-refractivity contribution < 1.29 is 4.74 Å². The van der Waals surface area contributed by atoms with Gasteiger partial charge in [-0.05, 0) is 38.4 Å². The quantitative estimate of drug-likeness (QED) is 0.783. The van der Waals surface area contributed by atoms with Gasteiger partial charge in [-0.25, -0.2) is 0 Å². The lowest BCUT2D eigenvalue weighted by Crippen LogP contribution is -2.22. The molecule has 0 atom stereocenters. The van der Waals surface area contributed by atoms with Crippen molar-refractivity contribution in [2.24, 2.45) is 0 Å². The molecule has 3 nitrogen and oxygen atoms in total. The summed E-state index contributed by atoms with van der Waals surface area (Å²) in [6.45, 7) is 6.08. The third kappa shape index (κ3) is 4.35. The first-order valence-corrected chi connectivity index (χ1v) is 7.49. The topological polar surface area (TPSA) is 24.5 Å². The molecule has 0 saturated heterocycles. The molecule has 0 radical (unpaired) electrons. The highest BCUT2D eigenvalue weighted by Crippen LogP contribution is 2.25. The van der Waals surface area contributed by atoms with Crippen molar-refractivity contribution in [1.29, 1.82) is 0 Å². The van der Waals surface area contributed by atoms with E-state index in [1.807, 2.05) is 11.3 Å². The Morgan fingerprint density at radius 1 is 1.50 bits per heavy atom.